The van der Waals surface area contributed by atoms with E-state index < -0.39 is 4.92 Å². The number of benzene rings is 3. The third kappa shape index (κ3) is 4.24. The SMILES string of the molecule is O=C(Nc1ccc([N+](=O)[O-])cc1)c1ccccc1NCc1ccccc1. The number of para-hydroxylation sites is 1. The van der Waals surface area contributed by atoms with E-state index in [4.69, 9.17) is 0 Å². The molecule has 6 nitrogen and oxygen atoms in total. The first-order valence-corrected chi connectivity index (χ1v) is 8.06. The van der Waals surface area contributed by atoms with Crippen LogP contribution in [0.3, 0.4) is 0 Å². The van der Waals surface area contributed by atoms with E-state index in [0.717, 1.165) is 11.3 Å². The fourth-order valence-corrected chi connectivity index (χ4v) is 2.49. The van der Waals surface area contributed by atoms with Crippen LogP contribution in [0.5, 0.6) is 0 Å². The minimum Gasteiger partial charge on any atom is -0.380 e. The molecule has 0 aromatic heterocycles. The van der Waals surface area contributed by atoms with Gasteiger partial charge in [0, 0.05) is 30.1 Å². The third-order valence-electron chi connectivity index (χ3n) is 3.83. The molecule has 0 saturated carbocycles. The Morgan fingerprint density at radius 3 is 2.23 bits per heavy atom. The minimum absolute atomic E-state index is 0.0204. The van der Waals surface area contributed by atoms with Crippen LogP contribution in [-0.2, 0) is 6.54 Å². The summed E-state index contributed by atoms with van der Waals surface area (Å²) < 4.78 is 0. The van der Waals surface area contributed by atoms with Gasteiger partial charge in [-0.05, 0) is 29.8 Å². The van der Waals surface area contributed by atoms with Crippen LogP contribution in [0.25, 0.3) is 0 Å². The number of hydrogen-bond acceptors (Lipinski definition) is 4. The fourth-order valence-electron chi connectivity index (χ4n) is 2.49. The second kappa shape index (κ2) is 7.94. The van der Waals surface area contributed by atoms with Gasteiger partial charge in [0.1, 0.15) is 0 Å². The van der Waals surface area contributed by atoms with Crippen molar-refractivity contribution in [3.05, 3.63) is 100 Å². The zero-order valence-electron chi connectivity index (χ0n) is 13.9. The summed E-state index contributed by atoms with van der Waals surface area (Å²) in [5, 5.41) is 16.7. The molecule has 0 atom stereocenters. The van der Waals surface area contributed by atoms with Crippen LogP contribution >= 0.6 is 0 Å². The Labute approximate surface area is 150 Å². The molecule has 2 N–H and O–H groups in total. The van der Waals surface area contributed by atoms with E-state index in [1.165, 1.54) is 24.3 Å². The highest BCUT2D eigenvalue weighted by atomic mass is 16.6. The molecule has 0 spiro atoms. The lowest BCUT2D eigenvalue weighted by atomic mass is 10.1. The molecule has 0 aliphatic carbocycles. The van der Waals surface area contributed by atoms with E-state index >= 15 is 0 Å². The van der Waals surface area contributed by atoms with E-state index in [1.807, 2.05) is 42.5 Å². The van der Waals surface area contributed by atoms with Crippen LogP contribution in [0.2, 0.25) is 0 Å². The quantitative estimate of drug-likeness (QED) is 0.509. The molecule has 0 radical (unpaired) electrons. The summed E-state index contributed by atoms with van der Waals surface area (Å²) in [6, 6.07) is 22.8. The van der Waals surface area contributed by atoms with E-state index in [2.05, 4.69) is 10.6 Å². The Kier molecular flexibility index (Phi) is 5.24. The lowest BCUT2D eigenvalue weighted by molar-refractivity contribution is -0.384. The lowest BCUT2D eigenvalue weighted by Crippen LogP contribution is -2.14. The predicted molar refractivity (Wildman–Crippen MR) is 101 cm³/mol. The third-order valence-corrected chi connectivity index (χ3v) is 3.83. The molecule has 6 heteroatoms. The molecular weight excluding hydrogens is 330 g/mol. The average molecular weight is 347 g/mol. The molecule has 130 valence electrons. The first-order valence-electron chi connectivity index (χ1n) is 8.06. The molecule has 3 aromatic carbocycles. The van der Waals surface area contributed by atoms with Gasteiger partial charge in [-0.25, -0.2) is 0 Å². The van der Waals surface area contributed by atoms with Gasteiger partial charge in [0.05, 0.1) is 10.5 Å². The van der Waals surface area contributed by atoms with Crippen molar-refractivity contribution in [1.82, 2.24) is 0 Å². The number of anilines is 2. The van der Waals surface area contributed by atoms with Gasteiger partial charge >= 0.3 is 0 Å². The summed E-state index contributed by atoms with van der Waals surface area (Å²) in [4.78, 5) is 22.8. The van der Waals surface area contributed by atoms with Gasteiger partial charge < -0.3 is 10.6 Å². The summed E-state index contributed by atoms with van der Waals surface area (Å²) in [7, 11) is 0. The maximum absolute atomic E-state index is 12.6. The van der Waals surface area contributed by atoms with Gasteiger partial charge in [-0.3, -0.25) is 14.9 Å². The topological polar surface area (TPSA) is 84.3 Å². The van der Waals surface area contributed by atoms with Crippen molar-refractivity contribution in [2.75, 3.05) is 10.6 Å². The Balaban J connectivity index is 1.72. The standard InChI is InChI=1S/C20H17N3O3/c24-20(22-16-10-12-17(13-11-16)23(25)26)18-8-4-5-9-19(18)21-14-15-6-2-1-3-7-15/h1-13,21H,14H2,(H,22,24). The number of nitrogens with one attached hydrogen (secondary N) is 2. The molecule has 1 amide bonds. The second-order valence-electron chi connectivity index (χ2n) is 5.64. The Hall–Kier alpha value is -3.67. The van der Waals surface area contributed by atoms with Crippen molar-refractivity contribution < 1.29 is 9.72 Å². The number of non-ortho nitro benzene ring substituents is 1. The molecule has 0 aliphatic rings. The van der Waals surface area contributed by atoms with Gasteiger partial charge in [-0.2, -0.15) is 0 Å². The van der Waals surface area contributed by atoms with E-state index in [0.29, 0.717) is 17.8 Å². The van der Waals surface area contributed by atoms with Gasteiger partial charge in [-0.1, -0.05) is 42.5 Å². The summed E-state index contributed by atoms with van der Waals surface area (Å²) in [5.74, 6) is -0.282. The molecular formula is C20H17N3O3. The lowest BCUT2D eigenvalue weighted by Gasteiger charge is -2.12. The largest absolute Gasteiger partial charge is 0.380 e. The normalized spacial score (nSPS) is 10.2. The van der Waals surface area contributed by atoms with Crippen molar-refractivity contribution in [1.29, 1.82) is 0 Å². The van der Waals surface area contributed by atoms with E-state index in [9.17, 15) is 14.9 Å². The summed E-state index contributed by atoms with van der Waals surface area (Å²) in [6.07, 6.45) is 0. The van der Waals surface area contributed by atoms with Crippen molar-refractivity contribution in [3.63, 3.8) is 0 Å². The van der Waals surface area contributed by atoms with E-state index in [-0.39, 0.29) is 11.6 Å². The second-order valence-corrected chi connectivity index (χ2v) is 5.64. The number of amides is 1. The number of carbonyl (C=O) groups is 1. The number of nitro benzene ring substituents is 1. The Bertz CT molecular complexity index is 909. The average Bonchev–Trinajstić information content (AvgIpc) is 2.68. The van der Waals surface area contributed by atoms with Crippen molar-refractivity contribution in [2.24, 2.45) is 0 Å². The predicted octanol–water partition coefficient (Wildman–Crippen LogP) is 4.46. The van der Waals surface area contributed by atoms with Crippen LogP contribution in [0, 0.1) is 10.1 Å². The van der Waals surface area contributed by atoms with Crippen LogP contribution in [0.4, 0.5) is 17.1 Å². The Morgan fingerprint density at radius 2 is 1.54 bits per heavy atom. The first kappa shape index (κ1) is 17.2. The molecule has 3 aromatic rings. The molecule has 0 saturated heterocycles. The molecule has 0 fully saturated rings. The minimum atomic E-state index is -0.478. The molecule has 0 aliphatic heterocycles. The zero-order valence-corrected chi connectivity index (χ0v) is 13.9. The highest BCUT2D eigenvalue weighted by Crippen LogP contribution is 2.20. The smallest absolute Gasteiger partial charge is 0.269 e. The number of rotatable bonds is 6. The van der Waals surface area contributed by atoms with Crippen LogP contribution in [0.15, 0.2) is 78.9 Å². The first-order chi connectivity index (χ1) is 12.6. The number of nitrogens with zero attached hydrogens (tertiary/aromatic N) is 1. The fraction of sp³-hybridized carbons (Fsp3) is 0.0500. The molecule has 0 heterocycles. The summed E-state index contributed by atoms with van der Waals surface area (Å²) in [5.41, 5.74) is 2.81. The van der Waals surface area contributed by atoms with Gasteiger partial charge in [0.15, 0.2) is 0 Å². The highest BCUT2D eigenvalue weighted by Gasteiger charge is 2.12. The number of hydrogen-bond donors (Lipinski definition) is 2. The maximum Gasteiger partial charge on any atom is 0.269 e. The van der Waals surface area contributed by atoms with Crippen LogP contribution in [0.1, 0.15) is 15.9 Å². The van der Waals surface area contributed by atoms with E-state index in [1.54, 1.807) is 12.1 Å². The molecule has 3 rings (SSSR count). The van der Waals surface area contributed by atoms with Crippen LogP contribution in [-0.4, -0.2) is 10.8 Å². The number of nitro groups is 1. The maximum atomic E-state index is 12.6. The van der Waals surface area contributed by atoms with Gasteiger partial charge in [0.2, 0.25) is 0 Å². The van der Waals surface area contributed by atoms with Gasteiger partial charge in [-0.15, -0.1) is 0 Å². The monoisotopic (exact) mass is 347 g/mol. The zero-order chi connectivity index (χ0) is 18.4. The van der Waals surface area contributed by atoms with Crippen molar-refractivity contribution >= 4 is 23.0 Å². The molecule has 0 unspecified atom stereocenters. The highest BCUT2D eigenvalue weighted by molar-refractivity contribution is 6.08. The van der Waals surface area contributed by atoms with Gasteiger partial charge in [0.25, 0.3) is 11.6 Å². The number of carbonyl (C=O) groups excluding carboxylic acids is 1. The van der Waals surface area contributed by atoms with Crippen LogP contribution < -0.4 is 10.6 Å². The Morgan fingerprint density at radius 1 is 0.885 bits per heavy atom. The van der Waals surface area contributed by atoms with Crippen molar-refractivity contribution in [2.45, 2.75) is 6.54 Å². The summed E-state index contributed by atoms with van der Waals surface area (Å²) in [6.45, 7) is 0.600. The molecule has 26 heavy (non-hydrogen) atoms. The molecule has 0 bridgehead atoms. The summed E-state index contributed by atoms with van der Waals surface area (Å²) >= 11 is 0. The van der Waals surface area contributed by atoms with Crippen molar-refractivity contribution in [3.8, 4) is 0 Å².